The second-order valence-electron chi connectivity index (χ2n) is 4.22. The summed E-state index contributed by atoms with van der Waals surface area (Å²) in [5.74, 6) is -0.177. The molecule has 0 aromatic carbocycles. The van der Waals surface area contributed by atoms with Gasteiger partial charge in [-0.2, -0.15) is 11.8 Å². The van der Waals surface area contributed by atoms with Crippen LogP contribution in [0.1, 0.15) is 32.6 Å². The predicted octanol–water partition coefficient (Wildman–Crippen LogP) is 1.81. The van der Waals surface area contributed by atoms with Gasteiger partial charge >= 0.3 is 5.97 Å². The molecule has 0 radical (unpaired) electrons. The van der Waals surface area contributed by atoms with Crippen LogP contribution in [0.25, 0.3) is 0 Å². The molecule has 0 saturated heterocycles. The molecule has 0 bridgehead atoms. The van der Waals surface area contributed by atoms with Crippen molar-refractivity contribution in [3.8, 4) is 0 Å². The van der Waals surface area contributed by atoms with Crippen molar-refractivity contribution in [3.05, 3.63) is 0 Å². The van der Waals surface area contributed by atoms with Crippen LogP contribution < -0.4 is 5.32 Å². The third-order valence-corrected chi connectivity index (χ3v) is 4.65. The zero-order valence-corrected chi connectivity index (χ0v) is 10.7. The predicted molar refractivity (Wildman–Crippen MR) is 64.2 cm³/mol. The van der Waals surface area contributed by atoms with Crippen LogP contribution in [0, 0.1) is 0 Å². The van der Waals surface area contributed by atoms with Crippen molar-refractivity contribution in [1.82, 2.24) is 5.32 Å². The number of hydrogen-bond donors (Lipinski definition) is 1. The molecule has 15 heavy (non-hydrogen) atoms. The van der Waals surface area contributed by atoms with Crippen molar-refractivity contribution in [2.75, 3.05) is 19.9 Å². The molecule has 0 aliphatic heterocycles. The van der Waals surface area contributed by atoms with Gasteiger partial charge in [0, 0.05) is 11.3 Å². The number of carbonyl (C=O) groups is 1. The van der Waals surface area contributed by atoms with Crippen molar-refractivity contribution in [2.45, 2.75) is 43.4 Å². The van der Waals surface area contributed by atoms with Crippen LogP contribution in [0.4, 0.5) is 0 Å². The maximum Gasteiger partial charge on any atom is 0.322 e. The Kier molecular flexibility index (Phi) is 4.93. The molecule has 1 atom stereocenters. The highest BCUT2D eigenvalue weighted by Gasteiger charge is 2.33. The summed E-state index contributed by atoms with van der Waals surface area (Å²) in [5, 5.41) is 3.27. The number of esters is 1. The third-order valence-electron chi connectivity index (χ3n) is 3.23. The highest BCUT2D eigenvalue weighted by atomic mass is 32.2. The van der Waals surface area contributed by atoms with E-state index in [2.05, 4.69) is 16.3 Å². The second-order valence-corrected chi connectivity index (χ2v) is 5.49. The summed E-state index contributed by atoms with van der Waals surface area (Å²) in [6.07, 6.45) is 7.31. The summed E-state index contributed by atoms with van der Waals surface area (Å²) in [6.45, 7) is 2.76. The van der Waals surface area contributed by atoms with Gasteiger partial charge in [-0.1, -0.05) is 12.8 Å². The number of ether oxygens (including phenoxy) is 1. The minimum Gasteiger partial charge on any atom is -0.468 e. The molecule has 88 valence electrons. The number of rotatable bonds is 5. The Bertz CT molecular complexity index is 215. The van der Waals surface area contributed by atoms with Gasteiger partial charge in [-0.3, -0.25) is 4.79 Å². The molecule has 3 nitrogen and oxygen atoms in total. The van der Waals surface area contributed by atoms with Gasteiger partial charge in [-0.25, -0.2) is 0 Å². The van der Waals surface area contributed by atoms with Crippen molar-refractivity contribution < 1.29 is 9.53 Å². The molecule has 1 saturated carbocycles. The van der Waals surface area contributed by atoms with Crippen LogP contribution in [0.5, 0.6) is 0 Å². The topological polar surface area (TPSA) is 38.3 Å². The van der Waals surface area contributed by atoms with Gasteiger partial charge in [0.1, 0.15) is 6.04 Å². The Morgan fingerprint density at radius 3 is 2.60 bits per heavy atom. The minimum absolute atomic E-state index is 0.177. The van der Waals surface area contributed by atoms with Crippen molar-refractivity contribution in [2.24, 2.45) is 0 Å². The molecule has 0 aromatic heterocycles. The Hall–Kier alpha value is -0.220. The number of nitrogens with one attached hydrogen (secondary N) is 1. The van der Waals surface area contributed by atoms with E-state index >= 15 is 0 Å². The Labute approximate surface area is 96.3 Å². The number of carbonyl (C=O) groups excluding carboxylic acids is 1. The molecule has 0 aromatic rings. The molecule has 1 aliphatic rings. The lowest BCUT2D eigenvalue weighted by molar-refractivity contribution is -0.142. The Balaban J connectivity index is 2.37. The summed E-state index contributed by atoms with van der Waals surface area (Å²) in [4.78, 5) is 11.2. The molecule has 1 N–H and O–H groups in total. The average Bonchev–Trinajstić information content (AvgIpc) is 2.74. The van der Waals surface area contributed by atoms with Crippen molar-refractivity contribution in [3.63, 3.8) is 0 Å². The summed E-state index contributed by atoms with van der Waals surface area (Å²) < 4.78 is 5.04. The summed E-state index contributed by atoms with van der Waals surface area (Å²) in [6, 6.07) is -0.195. The fraction of sp³-hybridized carbons (Fsp3) is 0.909. The quantitative estimate of drug-likeness (QED) is 0.732. The van der Waals surface area contributed by atoms with Crippen molar-refractivity contribution >= 4 is 17.7 Å². The highest BCUT2D eigenvalue weighted by molar-refractivity contribution is 8.00. The van der Waals surface area contributed by atoms with E-state index in [4.69, 9.17) is 0 Å². The molecule has 0 amide bonds. The molecule has 1 rings (SSSR count). The molecule has 0 spiro atoms. The maximum absolute atomic E-state index is 11.2. The van der Waals surface area contributed by atoms with E-state index in [1.807, 2.05) is 18.7 Å². The van der Waals surface area contributed by atoms with Gasteiger partial charge in [-0.15, -0.1) is 0 Å². The standard InChI is InChI=1S/C11H21NO2S/c1-9(10(13)14-2)12-8-11(15-3)6-4-5-7-11/h9,12H,4-8H2,1-3H3. The normalized spacial score (nSPS) is 21.3. The zero-order chi connectivity index (χ0) is 11.3. The minimum atomic E-state index is -0.195. The molecule has 1 aliphatic carbocycles. The fourth-order valence-electron chi connectivity index (χ4n) is 2.07. The summed E-state index contributed by atoms with van der Waals surface area (Å²) >= 11 is 1.93. The molecular formula is C11H21NO2S. The number of thioether (sulfide) groups is 1. The van der Waals surface area contributed by atoms with Crippen LogP contribution in [-0.4, -0.2) is 36.7 Å². The van der Waals surface area contributed by atoms with E-state index in [1.165, 1.54) is 32.8 Å². The van der Waals surface area contributed by atoms with Gasteiger partial charge < -0.3 is 10.1 Å². The van der Waals surface area contributed by atoms with Gasteiger partial charge in [0.25, 0.3) is 0 Å². The highest BCUT2D eigenvalue weighted by Crippen LogP contribution is 2.39. The van der Waals surface area contributed by atoms with Crippen LogP contribution in [0.2, 0.25) is 0 Å². The molecule has 1 fully saturated rings. The van der Waals surface area contributed by atoms with Crippen LogP contribution in [0.3, 0.4) is 0 Å². The molecule has 1 unspecified atom stereocenters. The van der Waals surface area contributed by atoms with E-state index < -0.39 is 0 Å². The lowest BCUT2D eigenvalue weighted by atomic mass is 10.1. The van der Waals surface area contributed by atoms with E-state index in [0.717, 1.165) is 6.54 Å². The van der Waals surface area contributed by atoms with Gasteiger partial charge in [0.05, 0.1) is 7.11 Å². The average molecular weight is 231 g/mol. The monoisotopic (exact) mass is 231 g/mol. The Morgan fingerprint density at radius 1 is 1.53 bits per heavy atom. The molecule has 0 heterocycles. The first kappa shape index (κ1) is 12.8. The van der Waals surface area contributed by atoms with E-state index in [1.54, 1.807) is 0 Å². The van der Waals surface area contributed by atoms with E-state index in [-0.39, 0.29) is 12.0 Å². The smallest absolute Gasteiger partial charge is 0.322 e. The molecule has 4 heteroatoms. The zero-order valence-electron chi connectivity index (χ0n) is 9.84. The summed E-state index contributed by atoms with van der Waals surface area (Å²) in [5.41, 5.74) is 0. The van der Waals surface area contributed by atoms with Crippen LogP contribution >= 0.6 is 11.8 Å². The fourth-order valence-corrected chi connectivity index (χ4v) is 3.00. The largest absolute Gasteiger partial charge is 0.468 e. The lowest BCUT2D eigenvalue weighted by Gasteiger charge is -2.28. The number of hydrogen-bond acceptors (Lipinski definition) is 4. The van der Waals surface area contributed by atoms with Crippen LogP contribution in [-0.2, 0) is 9.53 Å². The van der Waals surface area contributed by atoms with Crippen molar-refractivity contribution in [1.29, 1.82) is 0 Å². The van der Waals surface area contributed by atoms with Gasteiger partial charge in [-0.05, 0) is 26.0 Å². The Morgan fingerprint density at radius 2 is 2.13 bits per heavy atom. The van der Waals surface area contributed by atoms with Gasteiger partial charge in [0.15, 0.2) is 0 Å². The van der Waals surface area contributed by atoms with E-state index in [0.29, 0.717) is 4.75 Å². The first-order valence-electron chi connectivity index (χ1n) is 5.50. The lowest BCUT2D eigenvalue weighted by Crippen LogP contribution is -2.43. The second kappa shape index (κ2) is 5.75. The first-order valence-corrected chi connectivity index (χ1v) is 6.72. The third kappa shape index (κ3) is 3.38. The maximum atomic E-state index is 11.2. The molecular weight excluding hydrogens is 210 g/mol. The SMILES string of the molecule is COC(=O)C(C)NCC1(SC)CCCC1. The first-order chi connectivity index (χ1) is 7.13. The van der Waals surface area contributed by atoms with E-state index in [9.17, 15) is 4.79 Å². The number of methoxy groups -OCH3 is 1. The summed E-state index contributed by atoms with van der Waals surface area (Å²) in [7, 11) is 1.43. The van der Waals surface area contributed by atoms with Crippen LogP contribution in [0.15, 0.2) is 0 Å². The van der Waals surface area contributed by atoms with Gasteiger partial charge in [0.2, 0.25) is 0 Å².